The first-order valence-corrected chi connectivity index (χ1v) is 7.19. The molecule has 100 valence electrons. The van der Waals surface area contributed by atoms with Crippen LogP contribution in [0.15, 0.2) is 24.3 Å². The lowest BCUT2D eigenvalue weighted by Gasteiger charge is -2.40. The van der Waals surface area contributed by atoms with Crippen LogP contribution in [-0.2, 0) is 6.42 Å². The molecule has 1 aromatic carbocycles. The molecule has 2 unspecified atom stereocenters. The first-order valence-electron chi connectivity index (χ1n) is 7.19. The van der Waals surface area contributed by atoms with E-state index >= 15 is 0 Å². The lowest BCUT2D eigenvalue weighted by Crippen LogP contribution is -2.47. The Balaban J connectivity index is 2.01. The summed E-state index contributed by atoms with van der Waals surface area (Å²) < 4.78 is 0. The van der Waals surface area contributed by atoms with Crippen molar-refractivity contribution in [2.24, 2.45) is 5.73 Å². The molecule has 1 aromatic rings. The Morgan fingerprint density at radius 3 is 2.33 bits per heavy atom. The minimum atomic E-state index is 0.113. The molecule has 2 N–H and O–H groups in total. The van der Waals surface area contributed by atoms with Crippen LogP contribution in [0.5, 0.6) is 0 Å². The molecule has 0 radical (unpaired) electrons. The number of benzene rings is 1. The number of aryl methyl sites for hydroxylation is 1. The lowest BCUT2D eigenvalue weighted by atomic mass is 9.89. The fourth-order valence-corrected chi connectivity index (χ4v) is 2.63. The molecule has 18 heavy (non-hydrogen) atoms. The predicted molar refractivity (Wildman–Crippen MR) is 77.6 cm³/mol. The van der Waals surface area contributed by atoms with Crippen LogP contribution >= 0.6 is 0 Å². The maximum atomic E-state index is 6.41. The van der Waals surface area contributed by atoms with Gasteiger partial charge >= 0.3 is 0 Å². The predicted octanol–water partition coefficient (Wildman–Crippen LogP) is 3.12. The van der Waals surface area contributed by atoms with E-state index in [1.165, 1.54) is 30.4 Å². The molecule has 2 rings (SSSR count). The van der Waals surface area contributed by atoms with E-state index in [1.807, 2.05) is 0 Å². The van der Waals surface area contributed by atoms with Gasteiger partial charge in [-0.3, -0.25) is 4.90 Å². The molecular weight excluding hydrogens is 220 g/mol. The second-order valence-corrected chi connectivity index (χ2v) is 5.61. The van der Waals surface area contributed by atoms with E-state index in [9.17, 15) is 0 Å². The number of likely N-dealkylation sites (N-methyl/N-ethyl adjacent to an activating group) is 1. The Labute approximate surface area is 111 Å². The van der Waals surface area contributed by atoms with E-state index < -0.39 is 0 Å². The van der Waals surface area contributed by atoms with E-state index in [-0.39, 0.29) is 6.04 Å². The summed E-state index contributed by atoms with van der Waals surface area (Å²) in [5.74, 6) is 0. The summed E-state index contributed by atoms with van der Waals surface area (Å²) in [4.78, 5) is 2.46. The highest BCUT2D eigenvalue weighted by atomic mass is 15.2. The molecule has 2 atom stereocenters. The molecule has 2 heteroatoms. The van der Waals surface area contributed by atoms with Gasteiger partial charge in [0.15, 0.2) is 0 Å². The summed E-state index contributed by atoms with van der Waals surface area (Å²) in [6, 6.07) is 10.0. The first kappa shape index (κ1) is 13.6. The zero-order valence-electron chi connectivity index (χ0n) is 11.9. The summed E-state index contributed by atoms with van der Waals surface area (Å²) in [5.41, 5.74) is 9.04. The van der Waals surface area contributed by atoms with Crippen LogP contribution in [0.25, 0.3) is 0 Å². The summed E-state index contributed by atoms with van der Waals surface area (Å²) in [6.45, 7) is 4.43. The van der Waals surface area contributed by atoms with Crippen LogP contribution in [0, 0.1) is 0 Å². The number of nitrogens with two attached hydrogens (primary N) is 1. The number of hydrogen-bond acceptors (Lipinski definition) is 2. The lowest BCUT2D eigenvalue weighted by molar-refractivity contribution is 0.104. The van der Waals surface area contributed by atoms with Crippen LogP contribution in [0.3, 0.4) is 0 Å². The number of hydrogen-bond donors (Lipinski definition) is 1. The van der Waals surface area contributed by atoms with E-state index in [0.29, 0.717) is 6.04 Å². The molecular formula is C16H26N2. The van der Waals surface area contributed by atoms with Crippen LogP contribution < -0.4 is 5.73 Å². The van der Waals surface area contributed by atoms with Gasteiger partial charge in [-0.1, -0.05) is 37.6 Å². The molecule has 0 heterocycles. The highest BCUT2D eigenvalue weighted by Gasteiger charge is 2.28. The van der Waals surface area contributed by atoms with Crippen molar-refractivity contribution >= 4 is 0 Å². The Bertz CT molecular complexity index is 367. The summed E-state index contributed by atoms with van der Waals surface area (Å²) in [5, 5.41) is 0. The van der Waals surface area contributed by atoms with Gasteiger partial charge in [0, 0.05) is 18.1 Å². The van der Waals surface area contributed by atoms with Gasteiger partial charge in [-0.15, -0.1) is 0 Å². The largest absolute Gasteiger partial charge is 0.323 e. The summed E-state index contributed by atoms with van der Waals surface area (Å²) in [7, 11) is 2.22. The van der Waals surface area contributed by atoms with Crippen molar-refractivity contribution in [3.05, 3.63) is 35.4 Å². The Morgan fingerprint density at radius 2 is 1.89 bits per heavy atom. The fourth-order valence-electron chi connectivity index (χ4n) is 2.63. The monoisotopic (exact) mass is 246 g/mol. The molecule has 0 saturated heterocycles. The highest BCUT2D eigenvalue weighted by Crippen LogP contribution is 2.28. The van der Waals surface area contributed by atoms with E-state index in [4.69, 9.17) is 5.73 Å². The average Bonchev–Trinajstić information content (AvgIpc) is 2.35. The summed E-state index contributed by atoms with van der Waals surface area (Å²) in [6.07, 6.45) is 5.14. The maximum absolute atomic E-state index is 6.41. The topological polar surface area (TPSA) is 29.3 Å². The van der Waals surface area contributed by atoms with Crippen LogP contribution in [-0.4, -0.2) is 24.0 Å². The highest BCUT2D eigenvalue weighted by molar-refractivity contribution is 5.25. The molecule has 1 aliphatic carbocycles. The van der Waals surface area contributed by atoms with Crippen LogP contribution in [0.4, 0.5) is 0 Å². The normalized spacial score (nSPS) is 19.6. The van der Waals surface area contributed by atoms with Crippen molar-refractivity contribution in [2.45, 2.75) is 57.7 Å². The molecule has 0 aliphatic heterocycles. The first-order chi connectivity index (χ1) is 8.63. The third-order valence-electron chi connectivity index (χ3n) is 4.59. The SMILES string of the molecule is CCc1ccc(C(N)C(C)N(C)C2CCC2)cc1. The van der Waals surface area contributed by atoms with Gasteiger partial charge in [0.25, 0.3) is 0 Å². The molecule has 2 nitrogen and oxygen atoms in total. The van der Waals surface area contributed by atoms with Crippen molar-refractivity contribution in [1.29, 1.82) is 0 Å². The molecule has 0 bridgehead atoms. The zero-order chi connectivity index (χ0) is 13.1. The fraction of sp³-hybridized carbons (Fsp3) is 0.625. The van der Waals surface area contributed by atoms with E-state index in [0.717, 1.165) is 12.5 Å². The van der Waals surface area contributed by atoms with Crippen molar-refractivity contribution in [3.8, 4) is 0 Å². The Kier molecular flexibility index (Phi) is 4.41. The van der Waals surface area contributed by atoms with E-state index in [2.05, 4.69) is 50.1 Å². The van der Waals surface area contributed by atoms with Crippen molar-refractivity contribution < 1.29 is 0 Å². The molecule has 1 saturated carbocycles. The number of rotatable bonds is 5. The van der Waals surface area contributed by atoms with Crippen LogP contribution in [0.1, 0.15) is 50.3 Å². The van der Waals surface area contributed by atoms with Gasteiger partial charge in [0.05, 0.1) is 0 Å². The van der Waals surface area contributed by atoms with E-state index in [1.54, 1.807) is 0 Å². The van der Waals surface area contributed by atoms with Gasteiger partial charge in [-0.2, -0.15) is 0 Å². The zero-order valence-corrected chi connectivity index (χ0v) is 11.9. The quantitative estimate of drug-likeness (QED) is 0.865. The molecule has 1 fully saturated rings. The third kappa shape index (κ3) is 2.76. The minimum absolute atomic E-state index is 0.113. The number of nitrogens with zero attached hydrogens (tertiary/aromatic N) is 1. The van der Waals surface area contributed by atoms with Crippen molar-refractivity contribution in [1.82, 2.24) is 4.90 Å². The molecule has 0 aromatic heterocycles. The molecule has 1 aliphatic rings. The standard InChI is InChI=1S/C16H26N2/c1-4-13-8-10-14(11-9-13)16(17)12(2)18(3)15-6-5-7-15/h8-12,15-16H,4-7,17H2,1-3H3. The van der Waals surface area contributed by atoms with Gasteiger partial charge in [0.1, 0.15) is 0 Å². The van der Waals surface area contributed by atoms with Crippen molar-refractivity contribution in [3.63, 3.8) is 0 Å². The molecule has 0 spiro atoms. The third-order valence-corrected chi connectivity index (χ3v) is 4.59. The average molecular weight is 246 g/mol. The van der Waals surface area contributed by atoms with Gasteiger partial charge in [-0.05, 0) is 44.4 Å². The van der Waals surface area contributed by atoms with Crippen LogP contribution in [0.2, 0.25) is 0 Å². The maximum Gasteiger partial charge on any atom is 0.0450 e. The Morgan fingerprint density at radius 1 is 1.28 bits per heavy atom. The Hall–Kier alpha value is -0.860. The van der Waals surface area contributed by atoms with Gasteiger partial charge in [-0.25, -0.2) is 0 Å². The van der Waals surface area contributed by atoms with Gasteiger partial charge < -0.3 is 5.73 Å². The molecule has 0 amide bonds. The second kappa shape index (κ2) is 5.85. The van der Waals surface area contributed by atoms with Crippen molar-refractivity contribution in [2.75, 3.05) is 7.05 Å². The summed E-state index contributed by atoms with van der Waals surface area (Å²) >= 11 is 0. The second-order valence-electron chi connectivity index (χ2n) is 5.61. The smallest absolute Gasteiger partial charge is 0.0450 e. The van der Waals surface area contributed by atoms with Gasteiger partial charge in [0.2, 0.25) is 0 Å². The minimum Gasteiger partial charge on any atom is -0.323 e.